The van der Waals surface area contributed by atoms with Crippen LogP contribution in [0.4, 0.5) is 10.8 Å². The average Bonchev–Trinajstić information content (AvgIpc) is 3.08. The Labute approximate surface area is 159 Å². The molecule has 3 rings (SSSR count). The van der Waals surface area contributed by atoms with Gasteiger partial charge in [-0.05, 0) is 31.5 Å². The highest BCUT2D eigenvalue weighted by atomic mass is 32.1. The van der Waals surface area contributed by atoms with Crippen molar-refractivity contribution >= 4 is 28.1 Å². The van der Waals surface area contributed by atoms with Gasteiger partial charge in [0.2, 0.25) is 0 Å². The molecule has 0 unspecified atom stereocenters. The summed E-state index contributed by atoms with van der Waals surface area (Å²) in [7, 11) is 0. The summed E-state index contributed by atoms with van der Waals surface area (Å²) < 4.78 is 5.34. The Morgan fingerprint density at radius 2 is 1.96 bits per heavy atom. The first-order chi connectivity index (χ1) is 12.9. The van der Waals surface area contributed by atoms with E-state index in [-0.39, 0.29) is 18.2 Å². The second-order valence-corrected chi connectivity index (χ2v) is 6.80. The van der Waals surface area contributed by atoms with Crippen LogP contribution in [0.2, 0.25) is 0 Å². The first kappa shape index (κ1) is 18.5. The summed E-state index contributed by atoms with van der Waals surface area (Å²) in [5.74, 6) is 0.0285. The molecule has 1 amide bonds. The highest BCUT2D eigenvalue weighted by Gasteiger charge is 2.11. The average molecular weight is 383 g/mol. The van der Waals surface area contributed by atoms with Crippen LogP contribution in [0.25, 0.3) is 11.3 Å². The number of benzene rings is 2. The van der Waals surface area contributed by atoms with Crippen LogP contribution in [-0.2, 0) is 4.79 Å². The molecule has 0 aliphatic carbocycles. The molecule has 0 fully saturated rings. The van der Waals surface area contributed by atoms with Gasteiger partial charge in [0.15, 0.2) is 11.7 Å². The molecule has 0 spiro atoms. The molecule has 7 nitrogen and oxygen atoms in total. The number of rotatable bonds is 6. The number of hydrogen-bond acceptors (Lipinski definition) is 6. The van der Waals surface area contributed by atoms with Gasteiger partial charge in [-0.25, -0.2) is 4.98 Å². The highest BCUT2D eigenvalue weighted by Crippen LogP contribution is 2.28. The third-order valence-electron chi connectivity index (χ3n) is 3.83. The molecule has 1 aromatic heterocycles. The van der Waals surface area contributed by atoms with Gasteiger partial charge < -0.3 is 4.74 Å². The molecule has 0 aliphatic rings. The number of hydrogen-bond donors (Lipinski definition) is 1. The maximum absolute atomic E-state index is 12.0. The number of nitrogens with zero attached hydrogens (tertiary/aromatic N) is 2. The molecular formula is C19H17N3O4S. The van der Waals surface area contributed by atoms with E-state index in [0.29, 0.717) is 10.9 Å². The Hall–Kier alpha value is -3.26. The van der Waals surface area contributed by atoms with Crippen LogP contribution in [-0.4, -0.2) is 22.4 Å². The number of nitro groups is 1. The number of aromatic nitrogens is 1. The Kier molecular flexibility index (Phi) is 5.46. The summed E-state index contributed by atoms with van der Waals surface area (Å²) in [4.78, 5) is 26.6. The van der Waals surface area contributed by atoms with Crippen molar-refractivity contribution in [2.24, 2.45) is 0 Å². The minimum absolute atomic E-state index is 0.0338. The van der Waals surface area contributed by atoms with Crippen LogP contribution >= 0.6 is 11.3 Å². The van der Waals surface area contributed by atoms with Crippen molar-refractivity contribution in [3.63, 3.8) is 0 Å². The fourth-order valence-electron chi connectivity index (χ4n) is 2.52. The van der Waals surface area contributed by atoms with Gasteiger partial charge in [0.25, 0.3) is 11.6 Å². The molecule has 0 atom stereocenters. The normalized spacial score (nSPS) is 10.4. The first-order valence-electron chi connectivity index (χ1n) is 8.12. The van der Waals surface area contributed by atoms with E-state index in [9.17, 15) is 14.9 Å². The smallest absolute Gasteiger partial charge is 0.269 e. The zero-order chi connectivity index (χ0) is 19.4. The molecule has 27 heavy (non-hydrogen) atoms. The molecule has 0 bridgehead atoms. The predicted molar refractivity (Wildman–Crippen MR) is 104 cm³/mol. The van der Waals surface area contributed by atoms with Crippen molar-refractivity contribution in [1.82, 2.24) is 4.98 Å². The summed E-state index contributed by atoms with van der Waals surface area (Å²) in [5, 5.41) is 15.7. The third-order valence-corrected chi connectivity index (χ3v) is 4.58. The topological polar surface area (TPSA) is 94.4 Å². The Morgan fingerprint density at radius 1 is 1.22 bits per heavy atom. The third kappa shape index (κ3) is 4.68. The maximum atomic E-state index is 12.0. The van der Waals surface area contributed by atoms with E-state index >= 15 is 0 Å². The van der Waals surface area contributed by atoms with Crippen LogP contribution in [0.5, 0.6) is 5.75 Å². The Bertz CT molecular complexity index is 983. The molecule has 2 aromatic carbocycles. The Balaban J connectivity index is 1.58. The van der Waals surface area contributed by atoms with Gasteiger partial charge in [-0.15, -0.1) is 11.3 Å². The van der Waals surface area contributed by atoms with E-state index in [2.05, 4.69) is 16.4 Å². The molecule has 0 saturated heterocycles. The molecule has 138 valence electrons. The van der Waals surface area contributed by atoms with Gasteiger partial charge in [-0.3, -0.25) is 20.2 Å². The standard InChI is InChI=1S/C19H17N3O4S/c1-12-3-8-16(13(2)9-12)17-11-27-19(20-17)21-18(23)10-26-15-6-4-14(5-7-15)22(24)25/h3-9,11H,10H2,1-2H3,(H,20,21,23). The van der Waals surface area contributed by atoms with E-state index in [0.717, 1.165) is 16.8 Å². The molecule has 1 N–H and O–H groups in total. The number of ether oxygens (including phenoxy) is 1. The lowest BCUT2D eigenvalue weighted by molar-refractivity contribution is -0.384. The number of anilines is 1. The summed E-state index contributed by atoms with van der Waals surface area (Å²) in [6.07, 6.45) is 0. The minimum atomic E-state index is -0.494. The number of carbonyl (C=O) groups is 1. The van der Waals surface area contributed by atoms with Crippen LogP contribution in [0.15, 0.2) is 47.8 Å². The fraction of sp³-hybridized carbons (Fsp3) is 0.158. The number of aryl methyl sites for hydroxylation is 2. The fourth-order valence-corrected chi connectivity index (χ4v) is 3.25. The number of nitro benzene ring substituents is 1. The Morgan fingerprint density at radius 3 is 2.63 bits per heavy atom. The van der Waals surface area contributed by atoms with Crippen LogP contribution in [0.1, 0.15) is 11.1 Å². The van der Waals surface area contributed by atoms with Crippen molar-refractivity contribution in [3.8, 4) is 17.0 Å². The van der Waals surface area contributed by atoms with E-state index in [1.165, 1.54) is 41.2 Å². The van der Waals surface area contributed by atoms with Crippen molar-refractivity contribution < 1.29 is 14.5 Å². The molecule has 8 heteroatoms. The first-order valence-corrected chi connectivity index (χ1v) is 9.00. The zero-order valence-corrected chi connectivity index (χ0v) is 15.6. The summed E-state index contributed by atoms with van der Waals surface area (Å²) in [6.45, 7) is 3.85. The summed E-state index contributed by atoms with van der Waals surface area (Å²) in [5.41, 5.74) is 4.11. The quantitative estimate of drug-likeness (QED) is 0.504. The van der Waals surface area contributed by atoms with E-state index in [1.54, 1.807) is 0 Å². The van der Waals surface area contributed by atoms with Gasteiger partial charge in [-0.1, -0.05) is 23.8 Å². The van der Waals surface area contributed by atoms with Gasteiger partial charge in [-0.2, -0.15) is 0 Å². The molecule has 0 saturated carbocycles. The second-order valence-electron chi connectivity index (χ2n) is 5.94. The number of non-ortho nitro benzene ring substituents is 1. The van der Waals surface area contributed by atoms with E-state index in [4.69, 9.17) is 4.74 Å². The lowest BCUT2D eigenvalue weighted by atomic mass is 10.0. The molecular weight excluding hydrogens is 366 g/mol. The van der Waals surface area contributed by atoms with Gasteiger partial charge in [0, 0.05) is 23.1 Å². The molecule has 0 aliphatic heterocycles. The maximum Gasteiger partial charge on any atom is 0.269 e. The van der Waals surface area contributed by atoms with E-state index in [1.807, 2.05) is 31.4 Å². The zero-order valence-electron chi connectivity index (χ0n) is 14.8. The van der Waals surface area contributed by atoms with Gasteiger partial charge >= 0.3 is 0 Å². The largest absolute Gasteiger partial charge is 0.484 e. The van der Waals surface area contributed by atoms with Crippen LogP contribution < -0.4 is 10.1 Å². The van der Waals surface area contributed by atoms with Crippen molar-refractivity contribution in [1.29, 1.82) is 0 Å². The highest BCUT2D eigenvalue weighted by molar-refractivity contribution is 7.14. The SMILES string of the molecule is Cc1ccc(-c2csc(NC(=O)COc3ccc([N+](=O)[O-])cc3)n2)c(C)c1. The number of thiazole rings is 1. The molecule has 3 aromatic rings. The summed E-state index contributed by atoms with van der Waals surface area (Å²) in [6, 6.07) is 11.7. The number of nitrogens with one attached hydrogen (secondary N) is 1. The van der Waals surface area contributed by atoms with Crippen molar-refractivity contribution in [2.45, 2.75) is 13.8 Å². The molecule has 1 heterocycles. The van der Waals surface area contributed by atoms with Crippen LogP contribution in [0, 0.1) is 24.0 Å². The van der Waals surface area contributed by atoms with Crippen molar-refractivity contribution in [2.75, 3.05) is 11.9 Å². The van der Waals surface area contributed by atoms with Gasteiger partial charge in [0.1, 0.15) is 5.75 Å². The number of carbonyl (C=O) groups excluding carboxylic acids is 1. The lowest BCUT2D eigenvalue weighted by Gasteiger charge is -2.06. The summed E-state index contributed by atoms with van der Waals surface area (Å²) >= 11 is 1.34. The monoisotopic (exact) mass is 383 g/mol. The minimum Gasteiger partial charge on any atom is -0.484 e. The molecule has 0 radical (unpaired) electrons. The van der Waals surface area contributed by atoms with Crippen LogP contribution in [0.3, 0.4) is 0 Å². The second kappa shape index (κ2) is 7.96. The van der Waals surface area contributed by atoms with Crippen molar-refractivity contribution in [3.05, 3.63) is 69.1 Å². The lowest BCUT2D eigenvalue weighted by Crippen LogP contribution is -2.20. The number of amides is 1. The predicted octanol–water partition coefficient (Wildman–Crippen LogP) is 4.35. The van der Waals surface area contributed by atoms with Gasteiger partial charge in [0.05, 0.1) is 10.6 Å². The van der Waals surface area contributed by atoms with E-state index < -0.39 is 4.92 Å².